The standard InChI is InChI=1S/C27H21F2N3O2S/c1-33-25-21(14-11-18-8-5-15-30-24(18)25)23(19-9-12-20(13-10-19)34-26(28)29)32-27-31-22(16-35-27)17-6-3-2-4-7-17/h2-16,23,26H,1H3,(H,31,32). The summed E-state index contributed by atoms with van der Waals surface area (Å²) in [5, 5.41) is 7.17. The van der Waals surface area contributed by atoms with Crippen LogP contribution in [-0.2, 0) is 0 Å². The Morgan fingerprint density at radius 1 is 0.914 bits per heavy atom. The van der Waals surface area contributed by atoms with Gasteiger partial charge in [0, 0.05) is 28.1 Å². The number of aromatic nitrogens is 2. The van der Waals surface area contributed by atoms with Crippen molar-refractivity contribution in [2.45, 2.75) is 12.7 Å². The molecule has 0 saturated heterocycles. The molecule has 0 spiro atoms. The summed E-state index contributed by atoms with van der Waals surface area (Å²) < 4.78 is 35.6. The first-order valence-corrected chi connectivity index (χ1v) is 11.7. The number of thiazole rings is 1. The van der Waals surface area contributed by atoms with E-state index in [1.807, 2.05) is 60.0 Å². The van der Waals surface area contributed by atoms with Gasteiger partial charge in [0.05, 0.1) is 18.8 Å². The molecule has 3 aromatic carbocycles. The summed E-state index contributed by atoms with van der Waals surface area (Å²) in [5.74, 6) is 0.726. The topological polar surface area (TPSA) is 56.3 Å². The Kier molecular flexibility index (Phi) is 6.54. The second-order valence-electron chi connectivity index (χ2n) is 7.69. The van der Waals surface area contributed by atoms with Crippen LogP contribution in [0.5, 0.6) is 11.5 Å². The Balaban J connectivity index is 1.56. The summed E-state index contributed by atoms with van der Waals surface area (Å²) in [7, 11) is 1.61. The van der Waals surface area contributed by atoms with Crippen molar-refractivity contribution in [1.82, 2.24) is 9.97 Å². The number of hydrogen-bond donors (Lipinski definition) is 1. The fourth-order valence-electron chi connectivity index (χ4n) is 3.96. The van der Waals surface area contributed by atoms with E-state index in [2.05, 4.69) is 15.0 Å². The molecule has 5 rings (SSSR count). The zero-order valence-corrected chi connectivity index (χ0v) is 19.5. The summed E-state index contributed by atoms with van der Waals surface area (Å²) in [6.45, 7) is -2.88. The Morgan fingerprint density at radius 2 is 1.71 bits per heavy atom. The zero-order chi connectivity index (χ0) is 24.2. The SMILES string of the molecule is COc1c(C(Nc2nc(-c3ccccc3)cs2)c2ccc(OC(F)F)cc2)ccc2cccnc12. The van der Waals surface area contributed by atoms with Crippen LogP contribution in [0.4, 0.5) is 13.9 Å². The largest absolute Gasteiger partial charge is 0.494 e. The summed E-state index contributed by atoms with van der Waals surface area (Å²) in [6.07, 6.45) is 1.72. The number of benzene rings is 3. The minimum Gasteiger partial charge on any atom is -0.494 e. The molecule has 5 nitrogen and oxygen atoms in total. The fraction of sp³-hybridized carbons (Fsp3) is 0.111. The molecule has 35 heavy (non-hydrogen) atoms. The van der Waals surface area contributed by atoms with Gasteiger partial charge in [-0.2, -0.15) is 8.78 Å². The number of ether oxygens (including phenoxy) is 2. The maximum atomic E-state index is 12.7. The van der Waals surface area contributed by atoms with Crippen molar-refractivity contribution >= 4 is 27.4 Å². The molecule has 0 aliphatic carbocycles. The lowest BCUT2D eigenvalue weighted by atomic mass is 9.96. The van der Waals surface area contributed by atoms with Crippen molar-refractivity contribution in [2.24, 2.45) is 0 Å². The normalized spacial score (nSPS) is 12.0. The van der Waals surface area contributed by atoms with Crippen molar-refractivity contribution in [1.29, 1.82) is 0 Å². The third-order valence-corrected chi connectivity index (χ3v) is 6.33. The minimum absolute atomic E-state index is 0.0928. The third kappa shape index (κ3) is 4.93. The Labute approximate surface area is 205 Å². The summed E-state index contributed by atoms with van der Waals surface area (Å²) in [4.78, 5) is 9.29. The van der Waals surface area contributed by atoms with Gasteiger partial charge < -0.3 is 14.8 Å². The van der Waals surface area contributed by atoms with Gasteiger partial charge in [-0.25, -0.2) is 4.98 Å². The predicted octanol–water partition coefficient (Wildman–Crippen LogP) is 7.17. The number of methoxy groups -OCH3 is 1. The lowest BCUT2D eigenvalue weighted by Crippen LogP contribution is -2.14. The number of hydrogen-bond acceptors (Lipinski definition) is 6. The third-order valence-electron chi connectivity index (χ3n) is 5.55. The maximum absolute atomic E-state index is 12.7. The quantitative estimate of drug-likeness (QED) is 0.250. The molecule has 0 amide bonds. The molecule has 0 aliphatic rings. The second kappa shape index (κ2) is 10.1. The van der Waals surface area contributed by atoms with Crippen LogP contribution in [0.15, 0.2) is 90.4 Å². The average Bonchev–Trinajstić information content (AvgIpc) is 3.36. The van der Waals surface area contributed by atoms with E-state index in [1.165, 1.54) is 23.5 Å². The molecule has 0 bridgehead atoms. The molecule has 176 valence electrons. The van der Waals surface area contributed by atoms with Crippen molar-refractivity contribution < 1.29 is 18.3 Å². The molecule has 1 atom stereocenters. The number of nitrogens with zero attached hydrogens (tertiary/aromatic N) is 2. The Hall–Kier alpha value is -4.04. The van der Waals surface area contributed by atoms with Gasteiger partial charge in [-0.1, -0.05) is 60.7 Å². The van der Waals surface area contributed by atoms with Crippen LogP contribution >= 0.6 is 11.3 Å². The van der Waals surface area contributed by atoms with Crippen LogP contribution in [0.25, 0.3) is 22.2 Å². The number of rotatable bonds is 8. The highest BCUT2D eigenvalue weighted by atomic mass is 32.1. The van der Waals surface area contributed by atoms with Crippen LogP contribution in [0.3, 0.4) is 0 Å². The van der Waals surface area contributed by atoms with Gasteiger partial charge in [-0.15, -0.1) is 11.3 Å². The van der Waals surface area contributed by atoms with Crippen LogP contribution in [-0.4, -0.2) is 23.7 Å². The molecule has 0 fully saturated rings. The van der Waals surface area contributed by atoms with E-state index in [0.717, 1.165) is 33.3 Å². The van der Waals surface area contributed by atoms with Crippen molar-refractivity contribution in [3.63, 3.8) is 0 Å². The van der Waals surface area contributed by atoms with Crippen molar-refractivity contribution in [3.05, 3.63) is 102 Å². The van der Waals surface area contributed by atoms with E-state index in [1.54, 1.807) is 25.4 Å². The van der Waals surface area contributed by atoms with E-state index in [-0.39, 0.29) is 11.8 Å². The van der Waals surface area contributed by atoms with E-state index < -0.39 is 6.61 Å². The lowest BCUT2D eigenvalue weighted by Gasteiger charge is -2.22. The molecule has 2 heterocycles. The fourth-order valence-corrected chi connectivity index (χ4v) is 4.71. The highest BCUT2D eigenvalue weighted by molar-refractivity contribution is 7.14. The Morgan fingerprint density at radius 3 is 2.46 bits per heavy atom. The highest BCUT2D eigenvalue weighted by Crippen LogP contribution is 2.38. The van der Waals surface area contributed by atoms with E-state index >= 15 is 0 Å². The number of pyridine rings is 1. The van der Waals surface area contributed by atoms with Crippen LogP contribution in [0.2, 0.25) is 0 Å². The summed E-state index contributed by atoms with van der Waals surface area (Å²) >= 11 is 1.49. The molecule has 2 aromatic heterocycles. The van der Waals surface area contributed by atoms with Gasteiger partial charge in [0.2, 0.25) is 0 Å². The zero-order valence-electron chi connectivity index (χ0n) is 18.7. The van der Waals surface area contributed by atoms with E-state index in [4.69, 9.17) is 9.72 Å². The smallest absolute Gasteiger partial charge is 0.387 e. The molecule has 8 heteroatoms. The maximum Gasteiger partial charge on any atom is 0.387 e. The van der Waals surface area contributed by atoms with Crippen LogP contribution in [0.1, 0.15) is 17.2 Å². The number of nitrogens with one attached hydrogen (secondary N) is 1. The van der Waals surface area contributed by atoms with E-state index in [9.17, 15) is 8.78 Å². The molecular weight excluding hydrogens is 468 g/mol. The summed E-state index contributed by atoms with van der Waals surface area (Å²) in [6, 6.07) is 23.9. The summed E-state index contributed by atoms with van der Waals surface area (Å²) in [5.41, 5.74) is 4.30. The molecule has 0 aliphatic heterocycles. The highest BCUT2D eigenvalue weighted by Gasteiger charge is 2.22. The lowest BCUT2D eigenvalue weighted by molar-refractivity contribution is -0.0498. The van der Waals surface area contributed by atoms with Crippen molar-refractivity contribution in [3.8, 4) is 22.8 Å². The van der Waals surface area contributed by atoms with Gasteiger partial charge in [-0.3, -0.25) is 4.98 Å². The van der Waals surface area contributed by atoms with Gasteiger partial charge in [0.25, 0.3) is 0 Å². The molecule has 5 aromatic rings. The molecular formula is C27H21F2N3O2S. The van der Waals surface area contributed by atoms with E-state index in [0.29, 0.717) is 10.9 Å². The Bertz CT molecular complexity index is 1430. The van der Waals surface area contributed by atoms with Gasteiger partial charge >= 0.3 is 6.61 Å². The first-order valence-electron chi connectivity index (χ1n) is 10.9. The van der Waals surface area contributed by atoms with Crippen molar-refractivity contribution in [2.75, 3.05) is 12.4 Å². The minimum atomic E-state index is -2.88. The van der Waals surface area contributed by atoms with Gasteiger partial charge in [0.1, 0.15) is 11.3 Å². The number of anilines is 1. The molecule has 0 radical (unpaired) electrons. The van der Waals surface area contributed by atoms with Gasteiger partial charge in [0.15, 0.2) is 10.9 Å². The molecule has 1 N–H and O–H groups in total. The number of halogens is 2. The monoisotopic (exact) mass is 489 g/mol. The first-order chi connectivity index (χ1) is 17.1. The van der Waals surface area contributed by atoms with Gasteiger partial charge in [-0.05, 0) is 23.8 Å². The van der Waals surface area contributed by atoms with Crippen LogP contribution < -0.4 is 14.8 Å². The number of fused-ring (bicyclic) bond motifs is 1. The van der Waals surface area contributed by atoms with Crippen LogP contribution in [0, 0.1) is 0 Å². The molecule has 0 saturated carbocycles. The molecule has 1 unspecified atom stereocenters. The second-order valence-corrected chi connectivity index (χ2v) is 8.55. The first kappa shape index (κ1) is 22.7. The average molecular weight is 490 g/mol. The predicted molar refractivity (Wildman–Crippen MR) is 134 cm³/mol. The number of alkyl halides is 2.